The zero-order valence-corrected chi connectivity index (χ0v) is 18.0. The molecule has 4 aromatic rings. The summed E-state index contributed by atoms with van der Waals surface area (Å²) in [5.74, 6) is 1.13. The first kappa shape index (κ1) is 20.0. The lowest BCUT2D eigenvalue weighted by molar-refractivity contribution is 0.416. The SMILES string of the molecule is COc1cc(N2CCNCC2)c(N)cc1Nc1nccc(-c2cnc3c(cnn3C)c2)n1. The Bertz CT molecular complexity index is 1260. The molecule has 0 aliphatic carbocycles. The molecule has 164 valence electrons. The summed E-state index contributed by atoms with van der Waals surface area (Å²) in [7, 11) is 3.51. The van der Waals surface area contributed by atoms with E-state index in [1.54, 1.807) is 30.4 Å². The average molecular weight is 432 g/mol. The van der Waals surface area contributed by atoms with Crippen molar-refractivity contribution in [2.24, 2.45) is 7.05 Å². The van der Waals surface area contributed by atoms with Gasteiger partial charge in [-0.3, -0.25) is 4.68 Å². The molecule has 1 aliphatic heterocycles. The minimum atomic E-state index is 0.446. The predicted molar refractivity (Wildman–Crippen MR) is 125 cm³/mol. The summed E-state index contributed by atoms with van der Waals surface area (Å²) in [5.41, 5.74) is 11.2. The van der Waals surface area contributed by atoms with E-state index in [0.29, 0.717) is 23.1 Å². The third-order valence-corrected chi connectivity index (χ3v) is 5.58. The lowest BCUT2D eigenvalue weighted by Crippen LogP contribution is -2.43. The lowest BCUT2D eigenvalue weighted by Gasteiger charge is -2.31. The van der Waals surface area contributed by atoms with Crippen LogP contribution in [0.5, 0.6) is 5.75 Å². The van der Waals surface area contributed by atoms with Crippen LogP contribution in [0.25, 0.3) is 22.3 Å². The maximum atomic E-state index is 6.39. The maximum Gasteiger partial charge on any atom is 0.227 e. The molecule has 0 amide bonds. The van der Waals surface area contributed by atoms with E-state index in [2.05, 4.69) is 35.6 Å². The quantitative estimate of drug-likeness (QED) is 0.408. The zero-order chi connectivity index (χ0) is 22.1. The number of aromatic nitrogens is 5. The Labute approximate surface area is 185 Å². The molecule has 5 rings (SSSR count). The molecule has 10 nitrogen and oxygen atoms in total. The van der Waals surface area contributed by atoms with Gasteiger partial charge in [0.2, 0.25) is 5.95 Å². The molecule has 4 N–H and O–H groups in total. The van der Waals surface area contributed by atoms with Crippen LogP contribution in [0.2, 0.25) is 0 Å². The monoisotopic (exact) mass is 431 g/mol. The fourth-order valence-corrected chi connectivity index (χ4v) is 3.92. The minimum absolute atomic E-state index is 0.446. The fourth-order valence-electron chi connectivity index (χ4n) is 3.92. The molecule has 1 aliphatic rings. The standard InChI is InChI=1S/C22H25N9O/c1-30-21-15(13-27-30)9-14(12-26-21)17-3-4-25-22(28-17)29-18-10-16(23)19(11-20(18)32-2)31-7-5-24-6-8-31/h3-4,9-13,24H,5-8,23H2,1-2H3,(H,25,28,29). The van der Waals surface area contributed by atoms with Crippen molar-refractivity contribution in [2.45, 2.75) is 0 Å². The van der Waals surface area contributed by atoms with Crippen molar-refractivity contribution >= 4 is 34.0 Å². The zero-order valence-electron chi connectivity index (χ0n) is 18.0. The van der Waals surface area contributed by atoms with Crippen LogP contribution in [0, 0.1) is 0 Å². The van der Waals surface area contributed by atoms with Gasteiger partial charge in [-0.15, -0.1) is 0 Å². The number of nitrogens with zero attached hydrogens (tertiary/aromatic N) is 6. The van der Waals surface area contributed by atoms with E-state index in [0.717, 1.165) is 54.2 Å². The number of nitrogen functional groups attached to an aromatic ring is 1. The van der Waals surface area contributed by atoms with Crippen molar-refractivity contribution < 1.29 is 4.74 Å². The number of rotatable bonds is 5. The number of methoxy groups -OCH3 is 1. The Morgan fingerprint density at radius 1 is 1.12 bits per heavy atom. The van der Waals surface area contributed by atoms with Crippen LogP contribution in [-0.4, -0.2) is 58.0 Å². The minimum Gasteiger partial charge on any atom is -0.494 e. The Kier molecular flexibility index (Phi) is 5.20. The van der Waals surface area contributed by atoms with E-state index in [1.165, 1.54) is 0 Å². The van der Waals surface area contributed by atoms with Gasteiger partial charge in [-0.25, -0.2) is 15.0 Å². The second-order valence-electron chi connectivity index (χ2n) is 7.64. The van der Waals surface area contributed by atoms with Gasteiger partial charge in [-0.2, -0.15) is 5.10 Å². The van der Waals surface area contributed by atoms with E-state index in [1.807, 2.05) is 31.3 Å². The largest absolute Gasteiger partial charge is 0.494 e. The highest BCUT2D eigenvalue weighted by Crippen LogP contribution is 2.36. The lowest BCUT2D eigenvalue weighted by atomic mass is 10.1. The number of nitrogens with two attached hydrogens (primary N) is 1. The van der Waals surface area contributed by atoms with Crippen LogP contribution in [0.3, 0.4) is 0 Å². The number of aryl methyl sites for hydroxylation is 1. The van der Waals surface area contributed by atoms with Crippen molar-refractivity contribution in [1.82, 2.24) is 30.0 Å². The summed E-state index contributed by atoms with van der Waals surface area (Å²) in [5, 5.41) is 11.8. The van der Waals surface area contributed by atoms with Crippen molar-refractivity contribution in [3.63, 3.8) is 0 Å². The number of ether oxygens (including phenoxy) is 1. The molecule has 0 bridgehead atoms. The fraction of sp³-hybridized carbons (Fsp3) is 0.273. The summed E-state index contributed by atoms with van der Waals surface area (Å²) in [4.78, 5) is 15.8. The molecule has 1 aromatic carbocycles. The molecule has 0 radical (unpaired) electrons. The van der Waals surface area contributed by atoms with Gasteiger partial charge in [0.25, 0.3) is 0 Å². The van der Waals surface area contributed by atoms with Crippen molar-refractivity contribution in [3.8, 4) is 17.0 Å². The van der Waals surface area contributed by atoms with Gasteiger partial charge in [0.1, 0.15) is 5.75 Å². The molecule has 0 unspecified atom stereocenters. The number of benzene rings is 1. The van der Waals surface area contributed by atoms with Gasteiger partial charge < -0.3 is 26.0 Å². The molecule has 0 atom stereocenters. The van der Waals surface area contributed by atoms with Crippen molar-refractivity contribution in [3.05, 3.63) is 42.9 Å². The Morgan fingerprint density at radius 2 is 1.97 bits per heavy atom. The second kappa shape index (κ2) is 8.31. The number of nitrogens with one attached hydrogen (secondary N) is 2. The van der Waals surface area contributed by atoms with Crippen LogP contribution >= 0.6 is 0 Å². The van der Waals surface area contributed by atoms with E-state index < -0.39 is 0 Å². The molecule has 32 heavy (non-hydrogen) atoms. The highest BCUT2D eigenvalue weighted by Gasteiger charge is 2.17. The van der Waals surface area contributed by atoms with Crippen LogP contribution < -0.4 is 26.0 Å². The van der Waals surface area contributed by atoms with Crippen molar-refractivity contribution in [1.29, 1.82) is 0 Å². The molecule has 0 saturated carbocycles. The molecule has 0 spiro atoms. The summed E-state index contributed by atoms with van der Waals surface area (Å²) in [6.07, 6.45) is 5.29. The smallest absolute Gasteiger partial charge is 0.227 e. The topological polar surface area (TPSA) is 119 Å². The number of piperazine rings is 1. The Balaban J connectivity index is 1.44. The maximum absolute atomic E-state index is 6.39. The van der Waals surface area contributed by atoms with Crippen LogP contribution in [0.4, 0.5) is 23.0 Å². The number of pyridine rings is 1. The Morgan fingerprint density at radius 3 is 2.78 bits per heavy atom. The number of hydrogen-bond acceptors (Lipinski definition) is 9. The van der Waals surface area contributed by atoms with Crippen molar-refractivity contribution in [2.75, 3.05) is 49.2 Å². The van der Waals surface area contributed by atoms with Gasteiger partial charge in [0.15, 0.2) is 5.65 Å². The molecule has 1 fully saturated rings. The highest BCUT2D eigenvalue weighted by atomic mass is 16.5. The first-order valence-electron chi connectivity index (χ1n) is 10.4. The first-order valence-corrected chi connectivity index (χ1v) is 10.4. The molecule has 3 aromatic heterocycles. The average Bonchev–Trinajstić information content (AvgIpc) is 3.20. The number of anilines is 4. The normalized spacial score (nSPS) is 14.0. The van der Waals surface area contributed by atoms with Gasteiger partial charge in [0.05, 0.1) is 36.1 Å². The van der Waals surface area contributed by atoms with Crippen LogP contribution in [0.1, 0.15) is 0 Å². The highest BCUT2D eigenvalue weighted by molar-refractivity contribution is 5.81. The third-order valence-electron chi connectivity index (χ3n) is 5.58. The first-order chi connectivity index (χ1) is 15.6. The molecular formula is C22H25N9O. The molecular weight excluding hydrogens is 406 g/mol. The molecule has 4 heterocycles. The molecule has 10 heteroatoms. The van der Waals surface area contributed by atoms with Crippen LogP contribution in [0.15, 0.2) is 42.9 Å². The van der Waals surface area contributed by atoms with Gasteiger partial charge in [-0.1, -0.05) is 0 Å². The molecule has 1 saturated heterocycles. The number of hydrogen-bond donors (Lipinski definition) is 3. The summed E-state index contributed by atoms with van der Waals surface area (Å²) in [6.45, 7) is 3.67. The van der Waals surface area contributed by atoms with E-state index in [9.17, 15) is 0 Å². The Hall–Kier alpha value is -3.92. The van der Waals surface area contributed by atoms with Gasteiger partial charge >= 0.3 is 0 Å². The van der Waals surface area contributed by atoms with Gasteiger partial charge in [0, 0.05) is 62.6 Å². The number of fused-ring (bicyclic) bond motifs is 1. The van der Waals surface area contributed by atoms with E-state index in [4.69, 9.17) is 10.5 Å². The summed E-state index contributed by atoms with van der Waals surface area (Å²) in [6, 6.07) is 7.70. The predicted octanol–water partition coefficient (Wildman–Crippen LogP) is 2.17. The summed E-state index contributed by atoms with van der Waals surface area (Å²) < 4.78 is 7.38. The van der Waals surface area contributed by atoms with E-state index in [-0.39, 0.29) is 0 Å². The van der Waals surface area contributed by atoms with Crippen LogP contribution in [-0.2, 0) is 7.05 Å². The third kappa shape index (κ3) is 3.76. The second-order valence-corrected chi connectivity index (χ2v) is 7.64. The summed E-state index contributed by atoms with van der Waals surface area (Å²) >= 11 is 0. The van der Waals surface area contributed by atoms with Gasteiger partial charge in [-0.05, 0) is 18.2 Å². The van der Waals surface area contributed by atoms with E-state index >= 15 is 0 Å².